The molecule has 0 aliphatic heterocycles. The Morgan fingerprint density at radius 3 is 2.69 bits per heavy atom. The molecule has 0 aliphatic rings. The van der Waals surface area contributed by atoms with Crippen molar-refractivity contribution in [2.45, 2.75) is 12.1 Å². The Kier molecular flexibility index (Phi) is 5.13. The Morgan fingerprint density at radius 2 is 1.93 bits per heavy atom. The van der Waals surface area contributed by atoms with E-state index in [4.69, 9.17) is 0 Å². The molecule has 0 unspecified atom stereocenters. The van der Waals surface area contributed by atoms with Gasteiger partial charge in [-0.3, -0.25) is 18.6 Å². The standard InChI is InChI=1S/C20H16FN5O2S/c1-13-5-7-15(8-6-13)22-17(27)12-29-20-24-23-18-19(28)25(9-10-26(18)20)16-4-2-3-14(21)11-16/h2-11H,12H2,1H3,(H,22,27). The third-order valence-corrected chi connectivity index (χ3v) is 5.14. The molecule has 2 heterocycles. The number of aryl methyl sites for hydroxylation is 1. The Balaban J connectivity index is 1.52. The van der Waals surface area contributed by atoms with Gasteiger partial charge in [0.1, 0.15) is 5.82 Å². The van der Waals surface area contributed by atoms with Crippen LogP contribution in [0.3, 0.4) is 0 Å². The molecule has 0 saturated heterocycles. The van der Waals surface area contributed by atoms with Crippen molar-refractivity contribution in [1.29, 1.82) is 0 Å². The summed E-state index contributed by atoms with van der Waals surface area (Å²) in [4.78, 5) is 24.9. The Hall–Kier alpha value is -3.46. The summed E-state index contributed by atoms with van der Waals surface area (Å²) in [6, 6.07) is 13.2. The molecule has 0 fully saturated rings. The first-order valence-corrected chi connectivity index (χ1v) is 9.71. The van der Waals surface area contributed by atoms with Crippen molar-refractivity contribution in [3.05, 3.63) is 82.7 Å². The molecule has 4 rings (SSSR count). The van der Waals surface area contributed by atoms with Gasteiger partial charge in [-0.25, -0.2) is 4.39 Å². The van der Waals surface area contributed by atoms with Crippen LogP contribution in [0.15, 0.2) is 70.9 Å². The van der Waals surface area contributed by atoms with Crippen LogP contribution in [0.5, 0.6) is 0 Å². The van der Waals surface area contributed by atoms with Gasteiger partial charge in [0.25, 0.3) is 0 Å². The molecule has 1 amide bonds. The number of nitrogens with zero attached hydrogens (tertiary/aromatic N) is 4. The lowest BCUT2D eigenvalue weighted by Crippen LogP contribution is -2.20. The third kappa shape index (κ3) is 4.04. The van der Waals surface area contributed by atoms with Gasteiger partial charge >= 0.3 is 5.56 Å². The number of thioether (sulfide) groups is 1. The highest BCUT2D eigenvalue weighted by Crippen LogP contribution is 2.17. The second kappa shape index (κ2) is 7.88. The number of anilines is 1. The molecule has 0 saturated carbocycles. The molecule has 1 N–H and O–H groups in total. The number of hydrogen-bond acceptors (Lipinski definition) is 5. The van der Waals surface area contributed by atoms with Gasteiger partial charge in [0.15, 0.2) is 5.16 Å². The number of carbonyl (C=O) groups is 1. The summed E-state index contributed by atoms with van der Waals surface area (Å²) in [5, 5.41) is 11.2. The lowest BCUT2D eigenvalue weighted by Gasteiger charge is -2.07. The van der Waals surface area contributed by atoms with Crippen molar-refractivity contribution < 1.29 is 9.18 Å². The molecule has 0 atom stereocenters. The third-order valence-electron chi connectivity index (χ3n) is 4.19. The molecule has 0 radical (unpaired) electrons. The Labute approximate surface area is 169 Å². The predicted octanol–water partition coefficient (Wildman–Crippen LogP) is 3.06. The summed E-state index contributed by atoms with van der Waals surface area (Å²) < 4.78 is 16.3. The number of hydrogen-bond donors (Lipinski definition) is 1. The number of fused-ring (bicyclic) bond motifs is 1. The number of benzene rings is 2. The maximum atomic E-state index is 13.5. The fourth-order valence-corrected chi connectivity index (χ4v) is 3.48. The molecule has 146 valence electrons. The van der Waals surface area contributed by atoms with Crippen molar-refractivity contribution in [1.82, 2.24) is 19.2 Å². The molecule has 29 heavy (non-hydrogen) atoms. The second-order valence-corrected chi connectivity index (χ2v) is 7.27. The molecule has 0 bridgehead atoms. The van der Waals surface area contributed by atoms with Gasteiger partial charge in [-0.05, 0) is 37.3 Å². The van der Waals surface area contributed by atoms with Gasteiger partial charge in [-0.2, -0.15) is 0 Å². The first-order valence-electron chi connectivity index (χ1n) is 8.73. The van der Waals surface area contributed by atoms with Crippen LogP contribution >= 0.6 is 11.8 Å². The summed E-state index contributed by atoms with van der Waals surface area (Å²) in [5.74, 6) is -0.517. The molecule has 2 aromatic carbocycles. The van der Waals surface area contributed by atoms with E-state index in [1.807, 2.05) is 31.2 Å². The largest absolute Gasteiger partial charge is 0.325 e. The molecule has 2 aromatic heterocycles. The highest BCUT2D eigenvalue weighted by Gasteiger charge is 2.14. The van der Waals surface area contributed by atoms with Crippen molar-refractivity contribution >= 4 is 29.0 Å². The van der Waals surface area contributed by atoms with E-state index in [-0.39, 0.29) is 17.3 Å². The quantitative estimate of drug-likeness (QED) is 0.513. The molecule has 4 aromatic rings. The monoisotopic (exact) mass is 409 g/mol. The lowest BCUT2D eigenvalue weighted by atomic mass is 10.2. The van der Waals surface area contributed by atoms with Gasteiger partial charge in [0.2, 0.25) is 11.6 Å². The van der Waals surface area contributed by atoms with Crippen molar-refractivity contribution in [2.75, 3.05) is 11.1 Å². The minimum absolute atomic E-state index is 0.0956. The van der Waals surface area contributed by atoms with Crippen molar-refractivity contribution in [3.63, 3.8) is 0 Å². The van der Waals surface area contributed by atoms with Crippen LogP contribution in [-0.2, 0) is 4.79 Å². The average Bonchev–Trinajstić information content (AvgIpc) is 3.12. The zero-order chi connectivity index (χ0) is 20.4. The lowest BCUT2D eigenvalue weighted by molar-refractivity contribution is -0.113. The van der Waals surface area contributed by atoms with E-state index >= 15 is 0 Å². The summed E-state index contributed by atoms with van der Waals surface area (Å²) in [6.45, 7) is 1.97. The Bertz CT molecular complexity index is 1250. The van der Waals surface area contributed by atoms with Gasteiger partial charge in [0.05, 0.1) is 11.4 Å². The van der Waals surface area contributed by atoms with Gasteiger partial charge in [0, 0.05) is 18.1 Å². The van der Waals surface area contributed by atoms with E-state index in [2.05, 4.69) is 15.5 Å². The minimum atomic E-state index is -0.438. The molecular formula is C20H16FN5O2S. The first kappa shape index (κ1) is 18.9. The molecule has 0 spiro atoms. The van der Waals surface area contributed by atoms with E-state index in [0.717, 1.165) is 5.56 Å². The number of aromatic nitrogens is 4. The summed E-state index contributed by atoms with van der Waals surface area (Å²) in [7, 11) is 0. The van der Waals surface area contributed by atoms with Crippen LogP contribution in [0.4, 0.5) is 10.1 Å². The van der Waals surface area contributed by atoms with Crippen LogP contribution in [0.1, 0.15) is 5.56 Å². The molecule has 7 nitrogen and oxygen atoms in total. The first-order chi connectivity index (χ1) is 14.0. The number of carbonyl (C=O) groups excluding carboxylic acids is 1. The fourth-order valence-electron chi connectivity index (χ4n) is 2.76. The molecular weight excluding hydrogens is 393 g/mol. The van der Waals surface area contributed by atoms with Crippen LogP contribution < -0.4 is 10.9 Å². The summed E-state index contributed by atoms with van der Waals surface area (Å²) in [5.41, 5.74) is 1.88. The van der Waals surface area contributed by atoms with Gasteiger partial charge < -0.3 is 5.32 Å². The number of rotatable bonds is 5. The number of amides is 1. The van der Waals surface area contributed by atoms with E-state index in [0.29, 0.717) is 16.5 Å². The van der Waals surface area contributed by atoms with Gasteiger partial charge in [-0.15, -0.1) is 10.2 Å². The van der Waals surface area contributed by atoms with Crippen molar-refractivity contribution in [2.24, 2.45) is 0 Å². The average molecular weight is 409 g/mol. The highest BCUT2D eigenvalue weighted by molar-refractivity contribution is 7.99. The maximum Gasteiger partial charge on any atom is 0.300 e. The van der Waals surface area contributed by atoms with Gasteiger partial charge in [-0.1, -0.05) is 35.5 Å². The zero-order valence-electron chi connectivity index (χ0n) is 15.4. The number of nitrogens with one attached hydrogen (secondary N) is 1. The molecule has 0 aliphatic carbocycles. The van der Waals surface area contributed by atoms with E-state index < -0.39 is 11.4 Å². The SMILES string of the molecule is Cc1ccc(NC(=O)CSc2nnc3c(=O)n(-c4cccc(F)c4)ccn23)cc1. The van der Waals surface area contributed by atoms with Crippen LogP contribution in [0, 0.1) is 12.7 Å². The van der Waals surface area contributed by atoms with Crippen molar-refractivity contribution in [3.8, 4) is 5.69 Å². The summed E-state index contributed by atoms with van der Waals surface area (Å²) >= 11 is 1.17. The second-order valence-electron chi connectivity index (χ2n) is 6.33. The Morgan fingerprint density at radius 1 is 1.14 bits per heavy atom. The van der Waals surface area contributed by atoms with E-state index in [1.54, 1.807) is 12.3 Å². The van der Waals surface area contributed by atoms with E-state index in [9.17, 15) is 14.0 Å². The topological polar surface area (TPSA) is 81.3 Å². The predicted molar refractivity (Wildman–Crippen MR) is 109 cm³/mol. The van der Waals surface area contributed by atoms with Crippen LogP contribution in [0.2, 0.25) is 0 Å². The van der Waals surface area contributed by atoms with Crippen LogP contribution in [-0.4, -0.2) is 30.8 Å². The van der Waals surface area contributed by atoms with Crippen LogP contribution in [0.25, 0.3) is 11.3 Å². The van der Waals surface area contributed by atoms with E-state index in [1.165, 1.54) is 45.1 Å². The zero-order valence-corrected chi connectivity index (χ0v) is 16.2. The number of halogens is 1. The maximum absolute atomic E-state index is 13.5. The smallest absolute Gasteiger partial charge is 0.300 e. The fraction of sp³-hybridized carbons (Fsp3) is 0.100. The highest BCUT2D eigenvalue weighted by atomic mass is 32.2. The minimum Gasteiger partial charge on any atom is -0.325 e. The summed E-state index contributed by atoms with van der Waals surface area (Å²) in [6.07, 6.45) is 3.13. The molecule has 9 heteroatoms. The normalized spacial score (nSPS) is 11.0.